The van der Waals surface area contributed by atoms with Gasteiger partial charge in [0.15, 0.2) is 0 Å². The van der Waals surface area contributed by atoms with Gasteiger partial charge in [0.1, 0.15) is 29.5 Å². The zero-order chi connectivity index (χ0) is 30.8. The Hall–Kier alpha value is -4.98. The Balaban J connectivity index is 1.51. The van der Waals surface area contributed by atoms with Gasteiger partial charge < -0.3 is 19.1 Å². The third-order valence-electron chi connectivity index (χ3n) is 5.88. The highest BCUT2D eigenvalue weighted by Crippen LogP contribution is 2.41. The smallest absolute Gasteiger partial charge is 0.302 e. The van der Waals surface area contributed by atoms with Gasteiger partial charge in [-0.05, 0) is 36.8 Å². The van der Waals surface area contributed by atoms with Crippen LogP contribution in [0.3, 0.4) is 0 Å². The first-order valence-electron chi connectivity index (χ1n) is 13.4. The number of methoxy groups -OCH3 is 2. The van der Waals surface area contributed by atoms with Gasteiger partial charge in [-0.15, -0.1) is 15.3 Å². The number of aromatic nitrogens is 1. The van der Waals surface area contributed by atoms with Crippen LogP contribution >= 0.6 is 11.3 Å². The predicted molar refractivity (Wildman–Crippen MR) is 160 cm³/mol. The molecule has 42 heavy (non-hydrogen) atoms. The first-order chi connectivity index (χ1) is 20.8. The molecule has 0 spiro atoms. The normalized spacial score (nSPS) is 11.6. The van der Waals surface area contributed by atoms with Gasteiger partial charge in [-0.1, -0.05) is 18.2 Å². The first kappa shape index (κ1) is 28.5. The van der Waals surface area contributed by atoms with Crippen molar-refractivity contribution in [1.29, 1.82) is 0 Å². The molecule has 4 aromatic rings. The maximum atomic E-state index is 11.1. The molecule has 0 aliphatic rings. The largest absolute Gasteiger partial charge is 0.494 e. The number of benzene rings is 3. The van der Waals surface area contributed by atoms with Crippen LogP contribution in [0.4, 0.5) is 33.6 Å². The van der Waals surface area contributed by atoms with E-state index in [1.807, 2.05) is 24.3 Å². The van der Waals surface area contributed by atoms with Crippen LogP contribution < -0.4 is 14.4 Å². The summed E-state index contributed by atoms with van der Waals surface area (Å²) in [6.07, 6.45) is 0.685. The Labute approximate surface area is 247 Å². The second-order valence-corrected chi connectivity index (χ2v) is 9.71. The van der Waals surface area contributed by atoms with Gasteiger partial charge in [-0.3, -0.25) is 14.9 Å². The summed E-state index contributed by atoms with van der Waals surface area (Å²) < 4.78 is 24.2. The lowest BCUT2D eigenvalue weighted by molar-refractivity contribution is -0.384. The van der Waals surface area contributed by atoms with Crippen LogP contribution in [0.25, 0.3) is 10.2 Å². The number of ether oxygens (including phenoxy) is 3. The fraction of sp³-hybridized carbons (Fsp3) is 0.286. The summed E-state index contributed by atoms with van der Waals surface area (Å²) >= 11 is 1.18. The van der Waals surface area contributed by atoms with Crippen molar-refractivity contribution in [2.45, 2.75) is 20.2 Å². The molecule has 3 aromatic carbocycles. The standard InChI is InChI=1S/C28H29N7O6S/c1-5-12-34(13-14-41-18(2)36)20-8-6-19(7-9-20)30-31-23-16-26(40-4)24(17-25(23)39-3)32-33-28-29-22-11-10-21(35(37)38)15-27(22)42-28/h6-11,15-17H,5,12-14H2,1-4H3/i1D. The van der Waals surface area contributed by atoms with Crippen molar-refractivity contribution >= 4 is 61.1 Å². The van der Waals surface area contributed by atoms with Crippen molar-refractivity contribution in [2.24, 2.45) is 20.5 Å². The van der Waals surface area contributed by atoms with Crippen LogP contribution in [0.1, 0.15) is 21.6 Å². The van der Waals surface area contributed by atoms with Gasteiger partial charge in [0.05, 0.1) is 41.6 Å². The Morgan fingerprint density at radius 3 is 2.31 bits per heavy atom. The maximum Gasteiger partial charge on any atom is 0.302 e. The Morgan fingerprint density at radius 2 is 1.69 bits per heavy atom. The van der Waals surface area contributed by atoms with Crippen molar-refractivity contribution in [2.75, 3.05) is 38.8 Å². The summed E-state index contributed by atoms with van der Waals surface area (Å²) in [7, 11) is 2.99. The highest BCUT2D eigenvalue weighted by molar-refractivity contribution is 7.21. The molecule has 0 saturated carbocycles. The number of azo groups is 2. The van der Waals surface area contributed by atoms with Crippen LogP contribution in [0, 0.1) is 10.1 Å². The molecule has 13 nitrogen and oxygen atoms in total. The Bertz CT molecular complexity index is 1640. The number of carbonyl (C=O) groups excluding carboxylic acids is 1. The molecule has 14 heteroatoms. The number of non-ortho nitro benzene ring substituents is 1. The van der Waals surface area contributed by atoms with Gasteiger partial charge in [0.2, 0.25) is 5.13 Å². The molecule has 0 atom stereocenters. The number of nitrogens with zero attached hydrogens (tertiary/aromatic N) is 7. The minimum atomic E-state index is -0.460. The van der Waals surface area contributed by atoms with Gasteiger partial charge in [-0.25, -0.2) is 4.98 Å². The third kappa shape index (κ3) is 7.60. The van der Waals surface area contributed by atoms with Gasteiger partial charge >= 0.3 is 5.97 Å². The fourth-order valence-electron chi connectivity index (χ4n) is 3.88. The van der Waals surface area contributed by atoms with E-state index in [1.54, 1.807) is 18.2 Å². The molecule has 1 heterocycles. The first-order valence-corrected chi connectivity index (χ1v) is 13.5. The van der Waals surface area contributed by atoms with E-state index >= 15 is 0 Å². The summed E-state index contributed by atoms with van der Waals surface area (Å²) in [4.78, 5) is 28.1. The molecule has 0 radical (unpaired) electrons. The minimum Gasteiger partial charge on any atom is -0.494 e. The monoisotopic (exact) mass is 592 g/mol. The second-order valence-electron chi connectivity index (χ2n) is 8.70. The Kier molecular flexibility index (Phi) is 9.57. The molecule has 0 N–H and O–H groups in total. The molecule has 0 unspecified atom stereocenters. The van der Waals surface area contributed by atoms with Crippen LogP contribution in [0.5, 0.6) is 11.5 Å². The molecule has 0 aliphatic heterocycles. The molecule has 0 saturated heterocycles. The lowest BCUT2D eigenvalue weighted by atomic mass is 10.2. The summed E-state index contributed by atoms with van der Waals surface area (Å²) in [5.74, 6) is 0.438. The lowest BCUT2D eigenvalue weighted by Crippen LogP contribution is -2.28. The summed E-state index contributed by atoms with van der Waals surface area (Å²) in [5.41, 5.74) is 2.86. The van der Waals surface area contributed by atoms with E-state index in [-0.39, 0.29) is 18.3 Å². The average molecular weight is 593 g/mol. The minimum absolute atomic E-state index is 0.0229. The van der Waals surface area contributed by atoms with E-state index < -0.39 is 4.92 Å². The lowest BCUT2D eigenvalue weighted by Gasteiger charge is -2.24. The van der Waals surface area contributed by atoms with E-state index in [1.165, 1.54) is 44.6 Å². The van der Waals surface area contributed by atoms with Crippen molar-refractivity contribution < 1.29 is 25.3 Å². The van der Waals surface area contributed by atoms with Gasteiger partial charge in [0.25, 0.3) is 5.69 Å². The molecule has 0 aliphatic carbocycles. The number of nitro groups is 1. The molecule has 0 fully saturated rings. The zero-order valence-corrected chi connectivity index (χ0v) is 24.0. The number of rotatable bonds is 13. The van der Waals surface area contributed by atoms with Crippen LogP contribution in [-0.2, 0) is 9.53 Å². The predicted octanol–water partition coefficient (Wildman–Crippen LogP) is 7.83. The Morgan fingerprint density at radius 1 is 1.00 bits per heavy atom. The molecular formula is C28H29N7O6S. The van der Waals surface area contributed by atoms with E-state index in [0.717, 1.165) is 5.69 Å². The van der Waals surface area contributed by atoms with Crippen molar-refractivity contribution in [3.63, 3.8) is 0 Å². The fourth-order valence-corrected chi connectivity index (χ4v) is 4.70. The van der Waals surface area contributed by atoms with Crippen molar-refractivity contribution in [3.05, 3.63) is 64.7 Å². The number of nitro benzene ring substituents is 1. The average Bonchev–Trinajstić information content (AvgIpc) is 3.43. The van der Waals surface area contributed by atoms with Crippen LogP contribution in [0.15, 0.2) is 75.1 Å². The summed E-state index contributed by atoms with van der Waals surface area (Å²) in [6, 6.07) is 15.1. The SMILES string of the molecule is [2H]CCCN(CCOC(C)=O)c1ccc(N=Nc2cc(OC)c(N=Nc3nc4ccc([N+](=O)[O-])cc4s3)cc2OC)cc1. The number of fused-ring (bicyclic) bond motifs is 1. The molecule has 0 amide bonds. The zero-order valence-electron chi connectivity index (χ0n) is 24.2. The number of hydrogen-bond donors (Lipinski definition) is 0. The quantitative estimate of drug-likeness (QED) is 0.0658. The molecular weight excluding hydrogens is 562 g/mol. The van der Waals surface area contributed by atoms with Gasteiger partial charge in [0, 0.05) is 44.8 Å². The summed E-state index contributed by atoms with van der Waals surface area (Å²) in [5, 5.41) is 28.5. The molecule has 1 aromatic heterocycles. The molecule has 0 bridgehead atoms. The van der Waals surface area contributed by atoms with Crippen LogP contribution in [-0.4, -0.2) is 49.8 Å². The second kappa shape index (κ2) is 14.1. The highest BCUT2D eigenvalue weighted by atomic mass is 32.1. The van der Waals surface area contributed by atoms with Gasteiger partial charge in [-0.2, -0.15) is 5.11 Å². The van der Waals surface area contributed by atoms with E-state index in [2.05, 4.69) is 30.3 Å². The van der Waals surface area contributed by atoms with E-state index in [4.69, 9.17) is 15.6 Å². The number of esters is 1. The third-order valence-corrected chi connectivity index (χ3v) is 6.78. The van der Waals surface area contributed by atoms with E-state index in [0.29, 0.717) is 70.3 Å². The highest BCUT2D eigenvalue weighted by Gasteiger charge is 2.14. The topological polar surface area (TPSA) is 153 Å². The number of hydrogen-bond acceptors (Lipinski definition) is 13. The van der Waals surface area contributed by atoms with Crippen molar-refractivity contribution in [1.82, 2.24) is 4.98 Å². The van der Waals surface area contributed by atoms with E-state index in [9.17, 15) is 14.9 Å². The van der Waals surface area contributed by atoms with Crippen molar-refractivity contribution in [3.8, 4) is 11.5 Å². The number of anilines is 1. The number of thiazole rings is 1. The summed E-state index contributed by atoms with van der Waals surface area (Å²) in [6.45, 7) is 3.11. The molecule has 218 valence electrons. The maximum absolute atomic E-state index is 11.1. The van der Waals surface area contributed by atoms with Crippen LogP contribution in [0.2, 0.25) is 0 Å². The number of carbonyl (C=O) groups is 1. The molecule has 4 rings (SSSR count).